The Morgan fingerprint density at radius 2 is 1.96 bits per heavy atom. The van der Waals surface area contributed by atoms with Crippen molar-refractivity contribution in [1.29, 1.82) is 5.26 Å². The quantitative estimate of drug-likeness (QED) is 0.858. The SMILES string of the molecule is Cn1c(NCC(=O)N2CCCc3ccccc32)c(C#N)c(=O)n(C)c1=O. The Morgan fingerprint density at radius 3 is 2.69 bits per heavy atom. The lowest BCUT2D eigenvalue weighted by molar-refractivity contribution is -0.117. The van der Waals surface area contributed by atoms with Crippen molar-refractivity contribution in [2.45, 2.75) is 12.8 Å². The van der Waals surface area contributed by atoms with Crippen molar-refractivity contribution >= 4 is 17.4 Å². The molecule has 0 radical (unpaired) electrons. The van der Waals surface area contributed by atoms with Crippen molar-refractivity contribution in [2.75, 3.05) is 23.3 Å². The Bertz CT molecular complexity index is 1030. The van der Waals surface area contributed by atoms with E-state index in [-0.39, 0.29) is 23.8 Å². The molecule has 0 aliphatic carbocycles. The average molecular weight is 353 g/mol. The first-order valence-corrected chi connectivity index (χ1v) is 8.28. The second-order valence-corrected chi connectivity index (χ2v) is 6.17. The Labute approximate surface area is 149 Å². The van der Waals surface area contributed by atoms with Crippen LogP contribution in [0.1, 0.15) is 17.5 Å². The Hall–Kier alpha value is -3.34. The molecule has 0 fully saturated rings. The number of carbonyl (C=O) groups excluding carboxylic acids is 1. The molecule has 1 aromatic carbocycles. The largest absolute Gasteiger partial charge is 0.361 e. The van der Waals surface area contributed by atoms with Crippen LogP contribution >= 0.6 is 0 Å². The number of aromatic nitrogens is 2. The number of anilines is 2. The summed E-state index contributed by atoms with van der Waals surface area (Å²) < 4.78 is 2.03. The van der Waals surface area contributed by atoms with Gasteiger partial charge in [0.05, 0.1) is 6.54 Å². The van der Waals surface area contributed by atoms with E-state index in [4.69, 9.17) is 0 Å². The van der Waals surface area contributed by atoms with E-state index >= 15 is 0 Å². The van der Waals surface area contributed by atoms with Gasteiger partial charge in [-0.25, -0.2) is 4.79 Å². The third kappa shape index (κ3) is 2.88. The maximum absolute atomic E-state index is 12.7. The molecule has 0 unspecified atom stereocenters. The zero-order valence-electron chi connectivity index (χ0n) is 14.7. The fraction of sp³-hybridized carbons (Fsp3) is 0.333. The Balaban J connectivity index is 1.87. The maximum Gasteiger partial charge on any atom is 0.332 e. The van der Waals surface area contributed by atoms with Gasteiger partial charge in [-0.15, -0.1) is 0 Å². The first-order valence-electron chi connectivity index (χ1n) is 8.28. The molecule has 0 saturated heterocycles. The van der Waals surface area contributed by atoms with E-state index in [1.54, 1.807) is 4.90 Å². The lowest BCUT2D eigenvalue weighted by atomic mass is 10.0. The van der Waals surface area contributed by atoms with Gasteiger partial charge in [0.1, 0.15) is 11.9 Å². The van der Waals surface area contributed by atoms with Crippen molar-refractivity contribution in [3.8, 4) is 6.07 Å². The highest BCUT2D eigenvalue weighted by Gasteiger charge is 2.23. The highest BCUT2D eigenvalue weighted by Crippen LogP contribution is 2.26. The van der Waals surface area contributed by atoms with Crippen LogP contribution in [0.4, 0.5) is 11.5 Å². The van der Waals surface area contributed by atoms with Crippen molar-refractivity contribution in [1.82, 2.24) is 9.13 Å². The Kier molecular flexibility index (Phi) is 4.63. The fourth-order valence-electron chi connectivity index (χ4n) is 3.20. The molecular formula is C18H19N5O3. The monoisotopic (exact) mass is 353 g/mol. The van der Waals surface area contributed by atoms with Crippen LogP contribution in [0.25, 0.3) is 0 Å². The molecule has 0 atom stereocenters. The molecule has 0 spiro atoms. The van der Waals surface area contributed by atoms with E-state index in [1.165, 1.54) is 14.1 Å². The number of benzene rings is 1. The van der Waals surface area contributed by atoms with Crippen molar-refractivity contribution in [3.63, 3.8) is 0 Å². The maximum atomic E-state index is 12.7. The molecule has 1 aliphatic rings. The number of para-hydroxylation sites is 1. The minimum Gasteiger partial charge on any atom is -0.361 e. The molecule has 2 aromatic rings. The molecule has 26 heavy (non-hydrogen) atoms. The summed E-state index contributed by atoms with van der Waals surface area (Å²) in [7, 11) is 2.76. The van der Waals surface area contributed by atoms with Crippen molar-refractivity contribution in [3.05, 3.63) is 56.2 Å². The van der Waals surface area contributed by atoms with E-state index in [2.05, 4.69) is 5.32 Å². The molecule has 134 valence electrons. The number of hydrogen-bond acceptors (Lipinski definition) is 5. The average Bonchev–Trinajstić information content (AvgIpc) is 2.67. The lowest BCUT2D eigenvalue weighted by Gasteiger charge is -2.29. The van der Waals surface area contributed by atoms with Gasteiger partial charge in [0, 0.05) is 26.3 Å². The molecule has 1 aliphatic heterocycles. The predicted molar refractivity (Wildman–Crippen MR) is 97.2 cm³/mol. The highest BCUT2D eigenvalue weighted by atomic mass is 16.2. The topological polar surface area (TPSA) is 100 Å². The van der Waals surface area contributed by atoms with Gasteiger partial charge in [-0.3, -0.25) is 18.7 Å². The van der Waals surface area contributed by atoms with Crippen LogP contribution in [0.3, 0.4) is 0 Å². The van der Waals surface area contributed by atoms with Crippen LogP contribution in [-0.2, 0) is 25.3 Å². The standard InChI is InChI=1S/C18H19N5O3/c1-21-16(13(10-19)17(25)22(2)18(21)26)20-11-15(24)23-9-5-7-12-6-3-4-8-14(12)23/h3-4,6,8,20H,5,7,9,11H2,1-2H3. The zero-order valence-corrected chi connectivity index (χ0v) is 14.7. The van der Waals surface area contributed by atoms with E-state index in [1.807, 2.05) is 30.3 Å². The predicted octanol–water partition coefficient (Wildman–Crippen LogP) is 0.347. The lowest BCUT2D eigenvalue weighted by Crippen LogP contribution is -2.42. The third-order valence-electron chi connectivity index (χ3n) is 4.59. The number of aryl methyl sites for hydroxylation is 1. The molecule has 8 heteroatoms. The summed E-state index contributed by atoms with van der Waals surface area (Å²) in [6.45, 7) is 0.488. The number of amides is 1. The fourth-order valence-corrected chi connectivity index (χ4v) is 3.20. The van der Waals surface area contributed by atoms with Gasteiger partial charge in [-0.2, -0.15) is 5.26 Å². The van der Waals surface area contributed by atoms with Gasteiger partial charge in [-0.1, -0.05) is 18.2 Å². The Morgan fingerprint density at radius 1 is 1.23 bits per heavy atom. The molecule has 1 aromatic heterocycles. The van der Waals surface area contributed by atoms with Crippen molar-refractivity contribution < 1.29 is 4.79 Å². The first-order chi connectivity index (χ1) is 12.5. The van der Waals surface area contributed by atoms with Gasteiger partial charge in [-0.05, 0) is 24.5 Å². The van der Waals surface area contributed by atoms with Crippen LogP contribution in [-0.4, -0.2) is 28.1 Å². The van der Waals surface area contributed by atoms with Crippen LogP contribution in [0.2, 0.25) is 0 Å². The van der Waals surface area contributed by atoms with Crippen LogP contribution in [0, 0.1) is 11.3 Å². The molecule has 0 bridgehead atoms. The number of nitriles is 1. The molecule has 2 heterocycles. The zero-order chi connectivity index (χ0) is 18.8. The van der Waals surface area contributed by atoms with E-state index in [0.717, 1.165) is 33.2 Å². The number of fused-ring (bicyclic) bond motifs is 1. The summed E-state index contributed by atoms with van der Waals surface area (Å²) in [6.07, 6.45) is 1.80. The summed E-state index contributed by atoms with van der Waals surface area (Å²) >= 11 is 0. The van der Waals surface area contributed by atoms with E-state index < -0.39 is 11.2 Å². The molecule has 1 N–H and O–H groups in total. The summed E-state index contributed by atoms with van der Waals surface area (Å²) in [5.74, 6) is -0.131. The van der Waals surface area contributed by atoms with Gasteiger partial charge < -0.3 is 10.2 Å². The minimum absolute atomic E-state index is 0.0549. The number of nitrogens with zero attached hydrogens (tertiary/aromatic N) is 4. The summed E-state index contributed by atoms with van der Waals surface area (Å²) in [4.78, 5) is 38.5. The molecule has 0 saturated carbocycles. The first kappa shape index (κ1) is 17.5. The normalized spacial score (nSPS) is 13.0. The molecule has 3 rings (SSSR count). The van der Waals surface area contributed by atoms with E-state index in [0.29, 0.717) is 6.54 Å². The second kappa shape index (κ2) is 6.88. The number of hydrogen-bond donors (Lipinski definition) is 1. The van der Waals surface area contributed by atoms with Crippen LogP contribution in [0.15, 0.2) is 33.9 Å². The highest BCUT2D eigenvalue weighted by molar-refractivity contribution is 5.97. The third-order valence-corrected chi connectivity index (χ3v) is 4.59. The number of carbonyl (C=O) groups is 1. The second-order valence-electron chi connectivity index (χ2n) is 6.17. The molecule has 8 nitrogen and oxygen atoms in total. The molecule has 1 amide bonds. The summed E-state index contributed by atoms with van der Waals surface area (Å²) in [5, 5.41) is 12.1. The van der Waals surface area contributed by atoms with E-state index in [9.17, 15) is 19.6 Å². The van der Waals surface area contributed by atoms with Crippen molar-refractivity contribution in [2.24, 2.45) is 14.1 Å². The van der Waals surface area contributed by atoms with Gasteiger partial charge in [0.25, 0.3) is 5.56 Å². The minimum atomic E-state index is -0.686. The summed E-state index contributed by atoms with van der Waals surface area (Å²) in [5.41, 5.74) is 0.553. The summed E-state index contributed by atoms with van der Waals surface area (Å²) in [6, 6.07) is 9.55. The number of nitrogens with one attached hydrogen (secondary N) is 1. The van der Waals surface area contributed by atoms with Gasteiger partial charge >= 0.3 is 5.69 Å². The van der Waals surface area contributed by atoms with Gasteiger partial charge in [0.15, 0.2) is 5.56 Å². The van der Waals surface area contributed by atoms with Gasteiger partial charge in [0.2, 0.25) is 5.91 Å². The smallest absolute Gasteiger partial charge is 0.332 e. The number of rotatable bonds is 3. The van der Waals surface area contributed by atoms with Crippen LogP contribution < -0.4 is 21.5 Å². The molecular weight excluding hydrogens is 334 g/mol. The van der Waals surface area contributed by atoms with Crippen LogP contribution in [0.5, 0.6) is 0 Å².